The summed E-state index contributed by atoms with van der Waals surface area (Å²) in [6.07, 6.45) is 2.24. The summed E-state index contributed by atoms with van der Waals surface area (Å²) in [5, 5.41) is 4.31. The highest BCUT2D eigenvalue weighted by Gasteiger charge is 2.32. The van der Waals surface area contributed by atoms with Crippen LogP contribution in [0.25, 0.3) is 0 Å². The molecule has 2 fully saturated rings. The van der Waals surface area contributed by atoms with Crippen LogP contribution in [0.4, 0.5) is 0 Å². The molecule has 2 rings (SSSR count). The normalized spacial score (nSPS) is 36.4. The van der Waals surface area contributed by atoms with Crippen LogP contribution in [0.2, 0.25) is 0 Å². The Morgan fingerprint density at radius 1 is 1.14 bits per heavy atom. The van der Waals surface area contributed by atoms with Crippen molar-refractivity contribution in [3.8, 4) is 0 Å². The van der Waals surface area contributed by atoms with Gasteiger partial charge in [0.2, 0.25) is 0 Å². The van der Waals surface area contributed by atoms with Crippen molar-refractivity contribution in [2.24, 2.45) is 0 Å². The molecule has 82 valence electrons. The number of rotatable bonds is 2. The van der Waals surface area contributed by atoms with Crippen molar-refractivity contribution >= 4 is 11.8 Å². The zero-order valence-electron chi connectivity index (χ0n) is 9.20. The Bertz CT molecular complexity index is 180. The van der Waals surface area contributed by atoms with Gasteiger partial charge in [-0.3, -0.25) is 4.90 Å². The summed E-state index contributed by atoms with van der Waals surface area (Å²) in [7, 11) is 2.22. The van der Waals surface area contributed by atoms with Gasteiger partial charge >= 0.3 is 0 Å². The summed E-state index contributed by atoms with van der Waals surface area (Å²) in [6.45, 7) is 7.35. The van der Waals surface area contributed by atoms with E-state index in [9.17, 15) is 0 Å². The molecule has 0 aromatic heterocycles. The van der Waals surface area contributed by atoms with Crippen molar-refractivity contribution in [2.75, 3.05) is 52.6 Å². The average molecular weight is 215 g/mol. The summed E-state index contributed by atoms with van der Waals surface area (Å²) in [4.78, 5) is 5.09. The highest BCUT2D eigenvalue weighted by atomic mass is 32.2. The Morgan fingerprint density at radius 2 is 1.86 bits per heavy atom. The molecule has 0 aromatic rings. The molecule has 0 aliphatic carbocycles. The maximum atomic E-state index is 3.51. The fourth-order valence-electron chi connectivity index (χ4n) is 2.40. The lowest BCUT2D eigenvalue weighted by atomic mass is 10.2. The van der Waals surface area contributed by atoms with Crippen molar-refractivity contribution < 1.29 is 0 Å². The zero-order valence-corrected chi connectivity index (χ0v) is 10.0. The molecular formula is C10H21N3S. The van der Waals surface area contributed by atoms with Crippen LogP contribution in [0, 0.1) is 0 Å². The summed E-state index contributed by atoms with van der Waals surface area (Å²) >= 11 is 2.02. The van der Waals surface area contributed by atoms with E-state index < -0.39 is 0 Å². The van der Waals surface area contributed by atoms with Gasteiger partial charge in [-0.25, -0.2) is 0 Å². The molecule has 0 radical (unpaired) electrons. The molecule has 2 aliphatic rings. The Hall–Kier alpha value is 0.230. The lowest BCUT2D eigenvalue weighted by Gasteiger charge is -2.38. The van der Waals surface area contributed by atoms with Gasteiger partial charge in [0.1, 0.15) is 0 Å². The Balaban J connectivity index is 1.88. The van der Waals surface area contributed by atoms with Crippen LogP contribution in [0.1, 0.15) is 0 Å². The number of hydrogen-bond acceptors (Lipinski definition) is 4. The molecule has 0 spiro atoms. The fraction of sp³-hybridized carbons (Fsp3) is 1.00. The number of thioether (sulfide) groups is 1. The van der Waals surface area contributed by atoms with Crippen LogP contribution in [0.5, 0.6) is 0 Å². The SMILES string of the molecule is CSC1CNCC1N1CCN(C)CC1. The van der Waals surface area contributed by atoms with E-state index in [1.807, 2.05) is 11.8 Å². The van der Waals surface area contributed by atoms with Crippen LogP contribution in [0.15, 0.2) is 0 Å². The molecule has 0 bridgehead atoms. The fourth-order valence-corrected chi connectivity index (χ4v) is 3.27. The van der Waals surface area contributed by atoms with E-state index in [1.165, 1.54) is 39.3 Å². The smallest absolute Gasteiger partial charge is 0.0352 e. The minimum absolute atomic E-state index is 0.777. The van der Waals surface area contributed by atoms with E-state index in [0.29, 0.717) is 0 Å². The van der Waals surface area contributed by atoms with Gasteiger partial charge in [-0.2, -0.15) is 11.8 Å². The van der Waals surface area contributed by atoms with Crippen molar-refractivity contribution in [1.82, 2.24) is 15.1 Å². The molecular weight excluding hydrogens is 194 g/mol. The van der Waals surface area contributed by atoms with Crippen LogP contribution in [-0.2, 0) is 0 Å². The van der Waals surface area contributed by atoms with E-state index in [-0.39, 0.29) is 0 Å². The van der Waals surface area contributed by atoms with Crippen molar-refractivity contribution in [3.63, 3.8) is 0 Å². The van der Waals surface area contributed by atoms with Gasteiger partial charge in [0.15, 0.2) is 0 Å². The molecule has 0 amide bonds. The molecule has 3 nitrogen and oxygen atoms in total. The average Bonchev–Trinajstić information content (AvgIpc) is 2.67. The first-order chi connectivity index (χ1) is 6.81. The van der Waals surface area contributed by atoms with Gasteiger partial charge in [0.25, 0.3) is 0 Å². The largest absolute Gasteiger partial charge is 0.314 e. The van der Waals surface area contributed by atoms with Gasteiger partial charge < -0.3 is 10.2 Å². The molecule has 0 aromatic carbocycles. The van der Waals surface area contributed by atoms with E-state index in [0.717, 1.165) is 11.3 Å². The van der Waals surface area contributed by atoms with Crippen molar-refractivity contribution in [3.05, 3.63) is 0 Å². The third kappa shape index (κ3) is 2.24. The van der Waals surface area contributed by atoms with Crippen LogP contribution in [0.3, 0.4) is 0 Å². The number of nitrogens with one attached hydrogen (secondary N) is 1. The van der Waals surface area contributed by atoms with Gasteiger partial charge in [0, 0.05) is 50.6 Å². The lowest BCUT2D eigenvalue weighted by molar-refractivity contribution is 0.121. The highest BCUT2D eigenvalue weighted by Crippen LogP contribution is 2.20. The second kappa shape index (κ2) is 4.84. The minimum Gasteiger partial charge on any atom is -0.314 e. The maximum Gasteiger partial charge on any atom is 0.0352 e. The third-order valence-corrected chi connectivity index (χ3v) is 4.52. The number of nitrogens with zero attached hydrogens (tertiary/aromatic N) is 2. The van der Waals surface area contributed by atoms with Gasteiger partial charge in [-0.1, -0.05) is 0 Å². The van der Waals surface area contributed by atoms with Gasteiger partial charge in [-0.15, -0.1) is 0 Å². The zero-order chi connectivity index (χ0) is 9.97. The molecule has 0 saturated carbocycles. The number of likely N-dealkylation sites (N-methyl/N-ethyl adjacent to an activating group) is 1. The molecule has 2 aliphatic heterocycles. The predicted octanol–water partition coefficient (Wildman–Crippen LogP) is -0.0628. The van der Waals surface area contributed by atoms with Gasteiger partial charge in [-0.05, 0) is 13.3 Å². The van der Waals surface area contributed by atoms with E-state index in [4.69, 9.17) is 0 Å². The molecule has 1 N–H and O–H groups in total. The van der Waals surface area contributed by atoms with E-state index in [2.05, 4.69) is 28.4 Å². The minimum atomic E-state index is 0.777. The summed E-state index contributed by atoms with van der Waals surface area (Å²) in [6, 6.07) is 0.777. The highest BCUT2D eigenvalue weighted by molar-refractivity contribution is 7.99. The van der Waals surface area contributed by atoms with Crippen LogP contribution >= 0.6 is 11.8 Å². The standard InChI is InChI=1S/C10H21N3S/c1-12-3-5-13(6-4-12)9-7-11-8-10(9)14-2/h9-11H,3-8H2,1-2H3. The van der Waals surface area contributed by atoms with Crippen molar-refractivity contribution in [2.45, 2.75) is 11.3 Å². The second-order valence-corrected chi connectivity index (χ2v) is 5.42. The predicted molar refractivity (Wildman–Crippen MR) is 63.0 cm³/mol. The molecule has 2 atom stereocenters. The molecule has 2 saturated heterocycles. The quantitative estimate of drug-likeness (QED) is 0.695. The molecule has 14 heavy (non-hydrogen) atoms. The Labute approximate surface area is 91.2 Å². The summed E-state index contributed by atoms with van der Waals surface area (Å²) < 4.78 is 0. The first kappa shape index (κ1) is 10.7. The number of piperazine rings is 1. The lowest BCUT2D eigenvalue weighted by Crippen LogP contribution is -2.52. The molecule has 4 heteroatoms. The topological polar surface area (TPSA) is 18.5 Å². The van der Waals surface area contributed by atoms with Gasteiger partial charge in [0.05, 0.1) is 0 Å². The molecule has 2 unspecified atom stereocenters. The maximum absolute atomic E-state index is 3.51. The summed E-state index contributed by atoms with van der Waals surface area (Å²) in [5.41, 5.74) is 0. The van der Waals surface area contributed by atoms with Crippen LogP contribution in [-0.4, -0.2) is 73.7 Å². The monoisotopic (exact) mass is 215 g/mol. The molecule has 2 heterocycles. The van der Waals surface area contributed by atoms with Crippen LogP contribution < -0.4 is 5.32 Å². The Morgan fingerprint density at radius 3 is 2.50 bits per heavy atom. The third-order valence-electron chi connectivity index (χ3n) is 3.44. The van der Waals surface area contributed by atoms with E-state index in [1.54, 1.807) is 0 Å². The number of hydrogen-bond donors (Lipinski definition) is 1. The first-order valence-corrected chi connectivity index (χ1v) is 6.76. The first-order valence-electron chi connectivity index (χ1n) is 5.47. The van der Waals surface area contributed by atoms with E-state index >= 15 is 0 Å². The summed E-state index contributed by atoms with van der Waals surface area (Å²) in [5.74, 6) is 0. The van der Waals surface area contributed by atoms with Crippen molar-refractivity contribution in [1.29, 1.82) is 0 Å². The second-order valence-electron chi connectivity index (χ2n) is 4.34. The Kier molecular flexibility index (Phi) is 3.71.